The minimum atomic E-state index is -0.781. The molecular formula is C14H20ClNO3. The van der Waals surface area contributed by atoms with E-state index < -0.39 is 11.9 Å². The van der Waals surface area contributed by atoms with Crippen LogP contribution in [0.15, 0.2) is 18.2 Å². The summed E-state index contributed by atoms with van der Waals surface area (Å²) in [6.45, 7) is 5.61. The summed E-state index contributed by atoms with van der Waals surface area (Å²) < 4.78 is 5.30. The van der Waals surface area contributed by atoms with Crippen molar-refractivity contribution in [3.05, 3.63) is 28.8 Å². The molecule has 1 atom stereocenters. The predicted molar refractivity (Wildman–Crippen MR) is 75.8 cm³/mol. The summed E-state index contributed by atoms with van der Waals surface area (Å²) in [5.41, 5.74) is 0.967. The van der Waals surface area contributed by atoms with Gasteiger partial charge in [0.2, 0.25) is 0 Å². The van der Waals surface area contributed by atoms with E-state index in [1.807, 2.05) is 19.1 Å². The molecule has 1 N–H and O–H groups in total. The molecule has 5 heteroatoms. The minimum Gasteiger partial charge on any atom is -0.496 e. The molecule has 0 fully saturated rings. The smallest absolute Gasteiger partial charge is 0.307 e. The number of methoxy groups -OCH3 is 1. The van der Waals surface area contributed by atoms with Gasteiger partial charge in [-0.3, -0.25) is 9.69 Å². The first-order valence-electron chi connectivity index (χ1n) is 6.25. The highest BCUT2D eigenvalue weighted by Gasteiger charge is 2.16. The van der Waals surface area contributed by atoms with Crippen LogP contribution in [0.4, 0.5) is 0 Å². The molecule has 0 saturated heterocycles. The van der Waals surface area contributed by atoms with E-state index >= 15 is 0 Å². The number of benzene rings is 1. The molecule has 19 heavy (non-hydrogen) atoms. The lowest BCUT2D eigenvalue weighted by Crippen LogP contribution is -2.31. The van der Waals surface area contributed by atoms with E-state index in [1.165, 1.54) is 0 Å². The first-order chi connectivity index (χ1) is 8.97. The van der Waals surface area contributed by atoms with E-state index in [1.54, 1.807) is 20.1 Å². The fraction of sp³-hybridized carbons (Fsp3) is 0.500. The van der Waals surface area contributed by atoms with Gasteiger partial charge in [0.15, 0.2) is 0 Å². The van der Waals surface area contributed by atoms with Gasteiger partial charge in [0, 0.05) is 23.7 Å². The highest BCUT2D eigenvalue weighted by atomic mass is 35.5. The van der Waals surface area contributed by atoms with Crippen molar-refractivity contribution in [3.63, 3.8) is 0 Å². The van der Waals surface area contributed by atoms with Crippen molar-refractivity contribution in [1.82, 2.24) is 4.90 Å². The molecule has 0 radical (unpaired) electrons. The van der Waals surface area contributed by atoms with Gasteiger partial charge < -0.3 is 9.84 Å². The van der Waals surface area contributed by atoms with E-state index in [-0.39, 0.29) is 0 Å². The van der Waals surface area contributed by atoms with Gasteiger partial charge in [-0.1, -0.05) is 25.4 Å². The zero-order valence-corrected chi connectivity index (χ0v) is 12.3. The molecule has 106 valence electrons. The SMILES string of the molecule is CCN(Cc1cc(Cl)ccc1OC)CC(C)C(=O)O. The van der Waals surface area contributed by atoms with Crippen LogP contribution in [-0.2, 0) is 11.3 Å². The molecule has 0 aliphatic rings. The standard InChI is InChI=1S/C14H20ClNO3/c1-4-16(8-10(2)14(17)18)9-11-7-12(15)5-6-13(11)19-3/h5-7,10H,4,8-9H2,1-3H3,(H,17,18). The molecule has 0 aromatic heterocycles. The number of hydrogen-bond acceptors (Lipinski definition) is 3. The molecule has 0 aliphatic heterocycles. The quantitative estimate of drug-likeness (QED) is 0.837. The average Bonchev–Trinajstić information content (AvgIpc) is 2.37. The summed E-state index contributed by atoms with van der Waals surface area (Å²) in [6, 6.07) is 5.46. The Labute approximate surface area is 118 Å². The van der Waals surface area contributed by atoms with Crippen LogP contribution in [0.3, 0.4) is 0 Å². The summed E-state index contributed by atoms with van der Waals surface area (Å²) in [5, 5.41) is 9.62. The van der Waals surface area contributed by atoms with Gasteiger partial charge in [0.25, 0.3) is 0 Å². The lowest BCUT2D eigenvalue weighted by atomic mass is 10.1. The fourth-order valence-corrected chi connectivity index (χ4v) is 2.08. The molecule has 0 bridgehead atoms. The molecular weight excluding hydrogens is 266 g/mol. The fourth-order valence-electron chi connectivity index (χ4n) is 1.88. The minimum absolute atomic E-state index is 0.398. The summed E-state index contributed by atoms with van der Waals surface area (Å²) >= 11 is 5.99. The van der Waals surface area contributed by atoms with Gasteiger partial charge in [0.1, 0.15) is 5.75 Å². The Morgan fingerprint density at radius 3 is 2.74 bits per heavy atom. The molecule has 0 heterocycles. The Bertz CT molecular complexity index is 437. The largest absolute Gasteiger partial charge is 0.496 e. The molecule has 0 amide bonds. The normalized spacial score (nSPS) is 12.5. The van der Waals surface area contributed by atoms with E-state index in [0.717, 1.165) is 17.9 Å². The number of halogens is 1. The van der Waals surface area contributed by atoms with Gasteiger partial charge in [-0.05, 0) is 24.7 Å². The second kappa shape index (κ2) is 7.36. The number of nitrogens with zero attached hydrogens (tertiary/aromatic N) is 1. The Hall–Kier alpha value is -1.26. The highest BCUT2D eigenvalue weighted by Crippen LogP contribution is 2.24. The molecule has 0 spiro atoms. The first kappa shape index (κ1) is 15.8. The maximum absolute atomic E-state index is 10.9. The summed E-state index contributed by atoms with van der Waals surface area (Å²) in [5.74, 6) is -0.410. The van der Waals surface area contributed by atoms with Crippen molar-refractivity contribution in [3.8, 4) is 5.75 Å². The topological polar surface area (TPSA) is 49.8 Å². The van der Waals surface area contributed by atoms with Crippen LogP contribution in [0.5, 0.6) is 5.75 Å². The Morgan fingerprint density at radius 1 is 1.53 bits per heavy atom. The number of carboxylic acids is 1. The predicted octanol–water partition coefficient (Wildman–Crippen LogP) is 2.89. The lowest BCUT2D eigenvalue weighted by Gasteiger charge is -2.23. The van der Waals surface area contributed by atoms with Crippen molar-refractivity contribution in [2.24, 2.45) is 5.92 Å². The number of rotatable bonds is 7. The van der Waals surface area contributed by atoms with Crippen LogP contribution in [-0.4, -0.2) is 36.2 Å². The van der Waals surface area contributed by atoms with Crippen molar-refractivity contribution >= 4 is 17.6 Å². The van der Waals surface area contributed by atoms with Crippen LogP contribution >= 0.6 is 11.6 Å². The van der Waals surface area contributed by atoms with E-state index in [2.05, 4.69) is 4.90 Å². The van der Waals surface area contributed by atoms with E-state index in [0.29, 0.717) is 18.1 Å². The molecule has 0 aliphatic carbocycles. The second-order valence-electron chi connectivity index (χ2n) is 4.52. The number of carboxylic acid groups (broad SMARTS) is 1. The van der Waals surface area contributed by atoms with Crippen LogP contribution < -0.4 is 4.74 Å². The van der Waals surface area contributed by atoms with Crippen molar-refractivity contribution < 1.29 is 14.6 Å². The van der Waals surface area contributed by atoms with Gasteiger partial charge in [-0.2, -0.15) is 0 Å². The van der Waals surface area contributed by atoms with E-state index in [4.69, 9.17) is 21.4 Å². The Kier molecular flexibility index (Phi) is 6.12. The Balaban J connectivity index is 2.80. The van der Waals surface area contributed by atoms with Gasteiger partial charge in [-0.15, -0.1) is 0 Å². The number of ether oxygens (including phenoxy) is 1. The maximum Gasteiger partial charge on any atom is 0.307 e. The molecule has 1 aromatic carbocycles. The second-order valence-corrected chi connectivity index (χ2v) is 4.96. The monoisotopic (exact) mass is 285 g/mol. The molecule has 1 unspecified atom stereocenters. The van der Waals surface area contributed by atoms with Crippen LogP contribution in [0, 0.1) is 5.92 Å². The van der Waals surface area contributed by atoms with Crippen molar-refractivity contribution in [1.29, 1.82) is 0 Å². The molecule has 4 nitrogen and oxygen atoms in total. The number of hydrogen-bond donors (Lipinski definition) is 1. The molecule has 1 aromatic rings. The summed E-state index contributed by atoms with van der Waals surface area (Å²) in [7, 11) is 1.61. The third-order valence-corrected chi connectivity index (χ3v) is 3.27. The van der Waals surface area contributed by atoms with Crippen LogP contribution in [0.25, 0.3) is 0 Å². The van der Waals surface area contributed by atoms with Gasteiger partial charge in [0.05, 0.1) is 13.0 Å². The first-order valence-corrected chi connectivity index (χ1v) is 6.63. The zero-order valence-electron chi connectivity index (χ0n) is 11.5. The molecule has 0 saturated carbocycles. The third-order valence-electron chi connectivity index (χ3n) is 3.04. The van der Waals surface area contributed by atoms with Crippen molar-refractivity contribution in [2.75, 3.05) is 20.2 Å². The summed E-state index contributed by atoms with van der Waals surface area (Å²) in [6.07, 6.45) is 0. The van der Waals surface area contributed by atoms with Crippen molar-refractivity contribution in [2.45, 2.75) is 20.4 Å². The maximum atomic E-state index is 10.9. The van der Waals surface area contributed by atoms with E-state index in [9.17, 15) is 4.79 Å². The average molecular weight is 286 g/mol. The third kappa shape index (κ3) is 4.73. The van der Waals surface area contributed by atoms with Gasteiger partial charge >= 0.3 is 5.97 Å². The summed E-state index contributed by atoms with van der Waals surface area (Å²) in [4.78, 5) is 13.0. The molecule has 1 rings (SSSR count). The Morgan fingerprint density at radius 2 is 2.21 bits per heavy atom. The van der Waals surface area contributed by atoms with Crippen LogP contribution in [0.2, 0.25) is 5.02 Å². The number of carbonyl (C=O) groups is 1. The zero-order chi connectivity index (χ0) is 14.4. The lowest BCUT2D eigenvalue weighted by molar-refractivity contribution is -0.141. The number of aliphatic carboxylic acids is 1. The highest BCUT2D eigenvalue weighted by molar-refractivity contribution is 6.30. The van der Waals surface area contributed by atoms with Gasteiger partial charge in [-0.25, -0.2) is 0 Å². The van der Waals surface area contributed by atoms with Crippen LogP contribution in [0.1, 0.15) is 19.4 Å².